The molecule has 0 N–H and O–H groups in total. The molecule has 5 nitrogen and oxygen atoms in total. The Labute approximate surface area is 120 Å². The van der Waals surface area contributed by atoms with Gasteiger partial charge in [-0.1, -0.05) is 0 Å². The highest BCUT2D eigenvalue weighted by molar-refractivity contribution is 5.94. The van der Waals surface area contributed by atoms with Gasteiger partial charge in [0.25, 0.3) is 5.91 Å². The minimum Gasteiger partial charge on any atom is -0.492 e. The zero-order valence-corrected chi connectivity index (χ0v) is 12.2. The highest BCUT2D eigenvalue weighted by Gasteiger charge is 2.18. The van der Waals surface area contributed by atoms with Crippen LogP contribution in [0.4, 0.5) is 0 Å². The molecule has 0 aromatic heterocycles. The Morgan fingerprint density at radius 2 is 1.90 bits per heavy atom. The summed E-state index contributed by atoms with van der Waals surface area (Å²) in [6.07, 6.45) is 0. The minimum atomic E-state index is 0.0631. The van der Waals surface area contributed by atoms with Crippen molar-refractivity contribution in [3.05, 3.63) is 29.8 Å². The number of carbonyl (C=O) groups excluding carboxylic acids is 1. The largest absolute Gasteiger partial charge is 0.492 e. The second kappa shape index (κ2) is 7.26. The van der Waals surface area contributed by atoms with Gasteiger partial charge in [0, 0.05) is 25.2 Å². The van der Waals surface area contributed by atoms with E-state index in [1.165, 1.54) is 0 Å². The predicted octanol–water partition coefficient (Wildman–Crippen LogP) is 1.10. The molecule has 1 aliphatic heterocycles. The summed E-state index contributed by atoms with van der Waals surface area (Å²) in [6, 6.07) is 7.35. The zero-order valence-electron chi connectivity index (χ0n) is 12.2. The molecule has 0 spiro atoms. The third-order valence-corrected chi connectivity index (χ3v) is 3.21. The fourth-order valence-corrected chi connectivity index (χ4v) is 1.99. The first kappa shape index (κ1) is 14.8. The average Bonchev–Trinajstić information content (AvgIpc) is 2.48. The highest BCUT2D eigenvalue weighted by Crippen LogP contribution is 2.14. The van der Waals surface area contributed by atoms with Gasteiger partial charge in [0.2, 0.25) is 0 Å². The lowest BCUT2D eigenvalue weighted by atomic mass is 10.2. The number of rotatable bonds is 5. The van der Waals surface area contributed by atoms with Gasteiger partial charge < -0.3 is 19.3 Å². The van der Waals surface area contributed by atoms with E-state index in [0.717, 1.165) is 12.3 Å². The van der Waals surface area contributed by atoms with E-state index in [0.29, 0.717) is 38.5 Å². The van der Waals surface area contributed by atoms with Crippen molar-refractivity contribution in [3.8, 4) is 5.75 Å². The Morgan fingerprint density at radius 1 is 1.25 bits per heavy atom. The molecule has 0 saturated carbocycles. The van der Waals surface area contributed by atoms with Crippen LogP contribution in [0, 0.1) is 0 Å². The second-order valence-electron chi connectivity index (χ2n) is 5.08. The molecular formula is C15H22N2O3. The molecular weight excluding hydrogens is 256 g/mol. The third-order valence-electron chi connectivity index (χ3n) is 3.21. The Morgan fingerprint density at radius 3 is 2.50 bits per heavy atom. The van der Waals surface area contributed by atoms with Crippen molar-refractivity contribution < 1.29 is 14.3 Å². The van der Waals surface area contributed by atoms with Crippen molar-refractivity contribution in [3.63, 3.8) is 0 Å². The average molecular weight is 278 g/mol. The van der Waals surface area contributed by atoms with Gasteiger partial charge >= 0.3 is 0 Å². The Balaban J connectivity index is 1.88. The van der Waals surface area contributed by atoms with Crippen LogP contribution in [0.1, 0.15) is 10.4 Å². The summed E-state index contributed by atoms with van der Waals surface area (Å²) in [5.74, 6) is 0.860. The highest BCUT2D eigenvalue weighted by atomic mass is 16.5. The molecule has 110 valence electrons. The number of nitrogens with zero attached hydrogens (tertiary/aromatic N) is 2. The van der Waals surface area contributed by atoms with E-state index in [9.17, 15) is 4.79 Å². The maximum absolute atomic E-state index is 12.2. The lowest BCUT2D eigenvalue weighted by molar-refractivity contribution is 0.0303. The summed E-state index contributed by atoms with van der Waals surface area (Å²) in [4.78, 5) is 16.1. The number of amides is 1. The van der Waals surface area contributed by atoms with Gasteiger partial charge in [0.15, 0.2) is 0 Å². The predicted molar refractivity (Wildman–Crippen MR) is 77.2 cm³/mol. The maximum atomic E-state index is 12.2. The van der Waals surface area contributed by atoms with Crippen molar-refractivity contribution in [1.82, 2.24) is 9.80 Å². The first-order valence-electron chi connectivity index (χ1n) is 6.91. The summed E-state index contributed by atoms with van der Waals surface area (Å²) in [7, 11) is 4.01. The molecule has 5 heteroatoms. The maximum Gasteiger partial charge on any atom is 0.254 e. The summed E-state index contributed by atoms with van der Waals surface area (Å²) < 4.78 is 10.9. The van der Waals surface area contributed by atoms with Crippen LogP contribution in [-0.4, -0.2) is 69.3 Å². The van der Waals surface area contributed by atoms with Crippen LogP contribution in [0.15, 0.2) is 24.3 Å². The van der Waals surface area contributed by atoms with Crippen LogP contribution < -0.4 is 4.74 Å². The van der Waals surface area contributed by atoms with Crippen LogP contribution in [0.25, 0.3) is 0 Å². The number of benzene rings is 1. The fourth-order valence-electron chi connectivity index (χ4n) is 1.99. The topological polar surface area (TPSA) is 42.0 Å². The molecule has 0 aliphatic carbocycles. The molecule has 0 bridgehead atoms. The van der Waals surface area contributed by atoms with Gasteiger partial charge in [-0.05, 0) is 38.4 Å². The van der Waals surface area contributed by atoms with Gasteiger partial charge in [-0.25, -0.2) is 0 Å². The molecule has 1 aliphatic rings. The molecule has 0 unspecified atom stereocenters. The molecule has 20 heavy (non-hydrogen) atoms. The van der Waals surface area contributed by atoms with E-state index in [4.69, 9.17) is 9.47 Å². The van der Waals surface area contributed by atoms with Crippen molar-refractivity contribution in [1.29, 1.82) is 0 Å². The normalized spacial score (nSPS) is 15.4. The lowest BCUT2D eigenvalue weighted by Gasteiger charge is -2.26. The van der Waals surface area contributed by atoms with Crippen molar-refractivity contribution >= 4 is 5.91 Å². The van der Waals surface area contributed by atoms with Gasteiger partial charge in [0.05, 0.1) is 13.2 Å². The third kappa shape index (κ3) is 4.21. The fraction of sp³-hybridized carbons (Fsp3) is 0.533. The van der Waals surface area contributed by atoms with Crippen molar-refractivity contribution in [2.45, 2.75) is 0 Å². The quantitative estimate of drug-likeness (QED) is 0.809. The van der Waals surface area contributed by atoms with Crippen LogP contribution >= 0.6 is 0 Å². The SMILES string of the molecule is CN(C)CCOc1ccc(C(=O)N2CCOCC2)cc1. The Hall–Kier alpha value is -1.59. The molecule has 1 heterocycles. The first-order chi connectivity index (χ1) is 9.66. The van der Waals surface area contributed by atoms with E-state index < -0.39 is 0 Å². The number of hydrogen-bond donors (Lipinski definition) is 0. The van der Waals surface area contributed by atoms with Gasteiger partial charge in [-0.15, -0.1) is 0 Å². The number of morpholine rings is 1. The van der Waals surface area contributed by atoms with Crippen LogP contribution in [0.3, 0.4) is 0 Å². The molecule has 2 rings (SSSR count). The van der Waals surface area contributed by atoms with Crippen LogP contribution in [-0.2, 0) is 4.74 Å². The smallest absolute Gasteiger partial charge is 0.254 e. The summed E-state index contributed by atoms with van der Waals surface area (Å²) in [6.45, 7) is 4.09. The second-order valence-corrected chi connectivity index (χ2v) is 5.08. The Kier molecular flexibility index (Phi) is 5.38. The summed E-state index contributed by atoms with van der Waals surface area (Å²) in [5.41, 5.74) is 0.701. The number of hydrogen-bond acceptors (Lipinski definition) is 4. The van der Waals surface area contributed by atoms with Gasteiger partial charge in [-0.3, -0.25) is 4.79 Å². The molecule has 1 aromatic rings. The zero-order chi connectivity index (χ0) is 14.4. The first-order valence-corrected chi connectivity index (χ1v) is 6.91. The molecule has 1 fully saturated rings. The lowest BCUT2D eigenvalue weighted by Crippen LogP contribution is -2.40. The molecule has 1 aromatic carbocycles. The van der Waals surface area contributed by atoms with Crippen LogP contribution in [0.2, 0.25) is 0 Å². The molecule has 1 saturated heterocycles. The van der Waals surface area contributed by atoms with E-state index in [1.807, 2.05) is 43.3 Å². The minimum absolute atomic E-state index is 0.0631. The molecule has 1 amide bonds. The molecule has 0 atom stereocenters. The number of ether oxygens (including phenoxy) is 2. The van der Waals surface area contributed by atoms with Gasteiger partial charge in [-0.2, -0.15) is 0 Å². The molecule has 0 radical (unpaired) electrons. The number of likely N-dealkylation sites (N-methyl/N-ethyl adjacent to an activating group) is 1. The monoisotopic (exact) mass is 278 g/mol. The van der Waals surface area contributed by atoms with E-state index in [1.54, 1.807) is 0 Å². The van der Waals surface area contributed by atoms with Gasteiger partial charge in [0.1, 0.15) is 12.4 Å². The van der Waals surface area contributed by atoms with E-state index in [2.05, 4.69) is 4.90 Å². The van der Waals surface area contributed by atoms with E-state index in [-0.39, 0.29) is 5.91 Å². The summed E-state index contributed by atoms with van der Waals surface area (Å²) in [5, 5.41) is 0. The standard InChI is InChI=1S/C15H22N2O3/c1-16(2)7-12-20-14-5-3-13(4-6-14)15(18)17-8-10-19-11-9-17/h3-6H,7-12H2,1-2H3. The van der Waals surface area contributed by atoms with Crippen LogP contribution in [0.5, 0.6) is 5.75 Å². The van der Waals surface area contributed by atoms with Crippen molar-refractivity contribution in [2.24, 2.45) is 0 Å². The van der Waals surface area contributed by atoms with Crippen molar-refractivity contribution in [2.75, 3.05) is 53.6 Å². The van der Waals surface area contributed by atoms with E-state index >= 15 is 0 Å². The Bertz CT molecular complexity index is 425. The number of carbonyl (C=O) groups is 1. The summed E-state index contributed by atoms with van der Waals surface area (Å²) >= 11 is 0.